The molecule has 1 unspecified atom stereocenters. The van der Waals surface area contributed by atoms with Gasteiger partial charge >= 0.3 is 0 Å². The van der Waals surface area contributed by atoms with Crippen LogP contribution in [-0.4, -0.2) is 72.9 Å². The van der Waals surface area contributed by atoms with E-state index in [1.165, 1.54) is 13.2 Å². The van der Waals surface area contributed by atoms with E-state index in [-0.39, 0.29) is 37.7 Å². The summed E-state index contributed by atoms with van der Waals surface area (Å²) in [6.07, 6.45) is 3.48. The van der Waals surface area contributed by atoms with Crippen LogP contribution in [0, 0.1) is 12.7 Å². The Labute approximate surface area is 240 Å². The van der Waals surface area contributed by atoms with Crippen LogP contribution in [0.15, 0.2) is 48.5 Å². The van der Waals surface area contributed by atoms with Crippen molar-refractivity contribution >= 4 is 5.78 Å². The van der Waals surface area contributed by atoms with Gasteiger partial charge in [0, 0.05) is 24.1 Å². The van der Waals surface area contributed by atoms with Gasteiger partial charge in [-0.15, -0.1) is 0 Å². The van der Waals surface area contributed by atoms with Crippen LogP contribution in [0.5, 0.6) is 17.2 Å². The van der Waals surface area contributed by atoms with Crippen LogP contribution in [0.3, 0.4) is 0 Å². The molecule has 1 aliphatic heterocycles. The lowest BCUT2D eigenvalue weighted by Crippen LogP contribution is -2.44. The second kappa shape index (κ2) is 13.9. The van der Waals surface area contributed by atoms with Gasteiger partial charge in [0.25, 0.3) is 0 Å². The number of hydrogen-bond acceptors (Lipinski definition) is 8. The number of β-amino-alcohol motifs (C(OH)–C–C–N with tert-alkyl or cyclic N) is 1. The zero-order valence-corrected chi connectivity index (χ0v) is 24.0. The van der Waals surface area contributed by atoms with E-state index in [0.29, 0.717) is 51.9 Å². The van der Waals surface area contributed by atoms with Crippen molar-refractivity contribution in [2.75, 3.05) is 47.1 Å². The predicted molar refractivity (Wildman–Crippen MR) is 154 cm³/mol. The lowest BCUT2D eigenvalue weighted by molar-refractivity contribution is -0.0170. The number of piperidine rings is 1. The number of aromatic nitrogens is 1. The Morgan fingerprint density at radius 2 is 1.73 bits per heavy atom. The van der Waals surface area contributed by atoms with E-state index in [4.69, 9.17) is 24.3 Å². The topological polar surface area (TPSA) is 101 Å². The third-order valence-corrected chi connectivity index (χ3v) is 7.52. The lowest BCUT2D eigenvalue weighted by atomic mass is 9.89. The molecule has 0 aliphatic carbocycles. The summed E-state index contributed by atoms with van der Waals surface area (Å²) in [7, 11) is 3.03. The number of carbonyl (C=O) groups excluding carboxylic acids is 1. The molecule has 1 saturated heterocycles. The van der Waals surface area contributed by atoms with Crippen molar-refractivity contribution in [1.29, 1.82) is 0 Å². The van der Waals surface area contributed by atoms with Crippen LogP contribution in [-0.2, 0) is 5.60 Å². The Balaban J connectivity index is 1.64. The van der Waals surface area contributed by atoms with Crippen molar-refractivity contribution in [3.63, 3.8) is 0 Å². The minimum atomic E-state index is -1.42. The van der Waals surface area contributed by atoms with Gasteiger partial charge in [0.2, 0.25) is 0 Å². The summed E-state index contributed by atoms with van der Waals surface area (Å²) in [6, 6.07) is 13.2. The molecular formula is C32H39FN2O6. The second-order valence-electron chi connectivity index (χ2n) is 10.4. The van der Waals surface area contributed by atoms with E-state index in [0.717, 1.165) is 32.4 Å². The number of benzene rings is 2. The van der Waals surface area contributed by atoms with Gasteiger partial charge in [0.15, 0.2) is 17.3 Å². The molecular weight excluding hydrogens is 527 g/mol. The van der Waals surface area contributed by atoms with E-state index >= 15 is 0 Å². The molecule has 8 nitrogen and oxygen atoms in total. The van der Waals surface area contributed by atoms with Crippen LogP contribution in [0.25, 0.3) is 11.3 Å². The second-order valence-corrected chi connectivity index (χ2v) is 10.4. The smallest absolute Gasteiger partial charge is 0.163 e. The number of aryl methyl sites for hydroxylation is 1. The number of methoxy groups -OCH3 is 2. The molecule has 1 aliphatic rings. The Hall–Kier alpha value is -3.53. The van der Waals surface area contributed by atoms with Crippen LogP contribution in [0.1, 0.15) is 53.7 Å². The minimum absolute atomic E-state index is 0.0725. The lowest BCUT2D eigenvalue weighted by Gasteiger charge is -2.36. The number of ketones is 1. The molecule has 2 N–H and O–H groups in total. The van der Waals surface area contributed by atoms with Gasteiger partial charge in [-0.1, -0.05) is 6.42 Å². The number of ether oxygens (including phenoxy) is 3. The number of carbonyl (C=O) groups is 1. The first-order valence-corrected chi connectivity index (χ1v) is 14.0. The molecule has 2 aromatic carbocycles. The zero-order chi connectivity index (χ0) is 29.4. The molecule has 0 amide bonds. The maximum absolute atomic E-state index is 14.0. The summed E-state index contributed by atoms with van der Waals surface area (Å²) < 4.78 is 30.4. The van der Waals surface area contributed by atoms with Crippen LogP contribution < -0.4 is 14.2 Å². The van der Waals surface area contributed by atoms with Crippen LogP contribution in [0.4, 0.5) is 4.39 Å². The van der Waals surface area contributed by atoms with Gasteiger partial charge in [0.1, 0.15) is 29.5 Å². The molecule has 220 valence electrons. The maximum atomic E-state index is 14.0. The highest BCUT2D eigenvalue weighted by molar-refractivity contribution is 5.96. The van der Waals surface area contributed by atoms with Crippen LogP contribution in [0.2, 0.25) is 0 Å². The summed E-state index contributed by atoms with van der Waals surface area (Å²) in [4.78, 5) is 20.4. The minimum Gasteiger partial charge on any atom is -0.494 e. The number of pyridine rings is 1. The van der Waals surface area contributed by atoms with Gasteiger partial charge in [-0.2, -0.15) is 0 Å². The molecule has 2 heterocycles. The molecule has 41 heavy (non-hydrogen) atoms. The highest BCUT2D eigenvalue weighted by Crippen LogP contribution is 2.35. The first-order valence-electron chi connectivity index (χ1n) is 14.0. The van der Waals surface area contributed by atoms with Gasteiger partial charge in [0.05, 0.1) is 26.5 Å². The van der Waals surface area contributed by atoms with Crippen molar-refractivity contribution in [2.24, 2.45) is 0 Å². The zero-order valence-electron chi connectivity index (χ0n) is 24.0. The molecule has 1 aromatic heterocycles. The number of rotatable bonds is 13. The monoisotopic (exact) mass is 566 g/mol. The van der Waals surface area contributed by atoms with Crippen molar-refractivity contribution in [3.05, 3.63) is 71.2 Å². The third-order valence-electron chi connectivity index (χ3n) is 7.52. The Bertz CT molecular complexity index is 1340. The molecule has 0 spiro atoms. The van der Waals surface area contributed by atoms with Gasteiger partial charge in [-0.3, -0.25) is 4.79 Å². The molecule has 0 radical (unpaired) electrons. The Kier molecular flexibility index (Phi) is 10.3. The first-order chi connectivity index (χ1) is 19.8. The van der Waals surface area contributed by atoms with Crippen molar-refractivity contribution in [3.8, 4) is 28.5 Å². The normalized spacial score (nSPS) is 15.3. The van der Waals surface area contributed by atoms with E-state index in [9.17, 15) is 14.3 Å². The number of likely N-dealkylation sites (tertiary alicyclic amines) is 1. The fourth-order valence-corrected chi connectivity index (χ4v) is 5.23. The van der Waals surface area contributed by atoms with Crippen molar-refractivity contribution in [2.45, 2.75) is 44.6 Å². The molecule has 4 rings (SSSR count). The van der Waals surface area contributed by atoms with Crippen molar-refractivity contribution in [1.82, 2.24) is 9.88 Å². The average molecular weight is 567 g/mol. The van der Waals surface area contributed by atoms with E-state index < -0.39 is 5.60 Å². The molecule has 3 aromatic rings. The number of nitrogens with zero attached hydrogens (tertiary/aromatic N) is 2. The highest BCUT2D eigenvalue weighted by Gasteiger charge is 2.35. The Morgan fingerprint density at radius 1 is 1.00 bits per heavy atom. The summed E-state index contributed by atoms with van der Waals surface area (Å²) in [5.74, 6) is 0.868. The summed E-state index contributed by atoms with van der Waals surface area (Å²) in [5, 5.41) is 21.2. The largest absolute Gasteiger partial charge is 0.494 e. The molecule has 9 heteroatoms. The van der Waals surface area contributed by atoms with Crippen molar-refractivity contribution < 1.29 is 33.6 Å². The van der Waals surface area contributed by atoms with E-state index in [1.54, 1.807) is 56.5 Å². The van der Waals surface area contributed by atoms with E-state index in [2.05, 4.69) is 4.90 Å². The molecule has 1 fully saturated rings. The van der Waals surface area contributed by atoms with Crippen LogP contribution >= 0.6 is 0 Å². The van der Waals surface area contributed by atoms with E-state index in [1.807, 2.05) is 0 Å². The number of aliphatic hydroxyl groups is 2. The fraction of sp³-hybridized carbons (Fsp3) is 0.438. The average Bonchev–Trinajstić information content (AvgIpc) is 3.00. The summed E-state index contributed by atoms with van der Waals surface area (Å²) >= 11 is 0. The molecule has 0 saturated carbocycles. The maximum Gasteiger partial charge on any atom is 0.163 e. The molecule has 0 bridgehead atoms. The molecule has 1 atom stereocenters. The van der Waals surface area contributed by atoms with Gasteiger partial charge in [-0.05, 0) is 93.4 Å². The SMILES string of the molecule is COc1cc(C(=O)CCC(O)(CN2CCCCC2)c2ccc(OC)c(-c3ccc(F)c(C)c3)n2)ccc1OCCO. The Morgan fingerprint density at radius 3 is 2.41 bits per heavy atom. The number of Topliss-reactive ketones (excluding diaryl/α,β-unsaturated/α-hetero) is 1. The number of aliphatic hydroxyl groups excluding tert-OH is 1. The fourth-order valence-electron chi connectivity index (χ4n) is 5.23. The standard InChI is InChI=1S/C32H39FN2O6/c1-22-19-24(7-9-25(22)33)31-28(39-2)11-12-30(34-31)32(38,21-35-15-5-4-6-16-35)14-13-26(37)23-8-10-27(41-18-17-36)29(20-23)40-3/h7-12,19-20,36,38H,4-6,13-18,21H2,1-3H3. The summed E-state index contributed by atoms with van der Waals surface area (Å²) in [5.41, 5.74) is 1.10. The predicted octanol–water partition coefficient (Wildman–Crippen LogP) is 4.92. The first kappa shape index (κ1) is 30.4. The van der Waals surface area contributed by atoms with Gasteiger partial charge in [-0.25, -0.2) is 9.37 Å². The highest BCUT2D eigenvalue weighted by atomic mass is 19.1. The van der Waals surface area contributed by atoms with Gasteiger partial charge < -0.3 is 29.3 Å². The number of halogens is 1. The summed E-state index contributed by atoms with van der Waals surface area (Å²) in [6.45, 7) is 3.72. The number of hydrogen-bond donors (Lipinski definition) is 2. The quantitative estimate of drug-likeness (QED) is 0.281. The third kappa shape index (κ3) is 7.41.